The number of halogens is 2. The quantitative estimate of drug-likeness (QED) is 0.425. The van der Waals surface area contributed by atoms with E-state index >= 15 is 0 Å². The molecule has 0 aromatic heterocycles. The molecule has 0 spiro atoms. The maximum Gasteiger partial charge on any atom is 0.332 e. The van der Waals surface area contributed by atoms with Crippen LogP contribution >= 0.6 is 23.2 Å². The summed E-state index contributed by atoms with van der Waals surface area (Å²) in [7, 11) is 1.35. The Balaban J connectivity index is 2.81. The second-order valence-corrected chi connectivity index (χ2v) is 4.72. The van der Waals surface area contributed by atoms with Crippen molar-refractivity contribution in [1.82, 2.24) is 0 Å². The number of allylic oxidation sites excluding steroid dienone is 2. The van der Waals surface area contributed by atoms with Gasteiger partial charge in [0.05, 0.1) is 11.6 Å². The number of hydrogen-bond donors (Lipinski definition) is 0. The summed E-state index contributed by atoms with van der Waals surface area (Å²) in [5.74, 6) is -0.535. The SMILES string of the molecule is CCOC(=O)COC1C(Cl)=CC(C=O)=CC1(Cl)OC. The van der Waals surface area contributed by atoms with Crippen LogP contribution in [0.1, 0.15) is 6.92 Å². The molecule has 106 valence electrons. The van der Waals surface area contributed by atoms with Crippen molar-refractivity contribution >= 4 is 35.5 Å². The van der Waals surface area contributed by atoms with Crippen LogP contribution in [-0.4, -0.2) is 43.7 Å². The van der Waals surface area contributed by atoms with Crippen LogP contribution in [0, 0.1) is 0 Å². The minimum Gasteiger partial charge on any atom is -0.464 e. The van der Waals surface area contributed by atoms with E-state index in [9.17, 15) is 9.59 Å². The summed E-state index contributed by atoms with van der Waals surface area (Å²) in [6.07, 6.45) is 2.49. The number of carbonyl (C=O) groups excluding carboxylic acids is 2. The Labute approximate surface area is 121 Å². The third-order valence-electron chi connectivity index (χ3n) is 2.40. The van der Waals surface area contributed by atoms with Crippen LogP contribution in [0.3, 0.4) is 0 Å². The van der Waals surface area contributed by atoms with E-state index in [1.165, 1.54) is 19.3 Å². The van der Waals surface area contributed by atoms with E-state index in [1.54, 1.807) is 6.92 Å². The van der Waals surface area contributed by atoms with Crippen molar-refractivity contribution in [2.75, 3.05) is 20.3 Å². The molecule has 5 nitrogen and oxygen atoms in total. The van der Waals surface area contributed by atoms with Gasteiger partial charge in [-0.05, 0) is 19.1 Å². The molecule has 0 N–H and O–H groups in total. The zero-order valence-corrected chi connectivity index (χ0v) is 12.0. The summed E-state index contributed by atoms with van der Waals surface area (Å²) >= 11 is 12.2. The van der Waals surface area contributed by atoms with Crippen LogP contribution in [0.5, 0.6) is 0 Å². The summed E-state index contributed by atoms with van der Waals surface area (Å²) in [6.45, 7) is 1.62. The summed E-state index contributed by atoms with van der Waals surface area (Å²) in [6, 6.07) is 0. The zero-order chi connectivity index (χ0) is 14.5. The average Bonchev–Trinajstić information content (AvgIpc) is 2.37. The lowest BCUT2D eigenvalue weighted by molar-refractivity contribution is -0.152. The molecule has 19 heavy (non-hydrogen) atoms. The van der Waals surface area contributed by atoms with Gasteiger partial charge in [0.1, 0.15) is 19.0 Å². The lowest BCUT2D eigenvalue weighted by atomic mass is 10.0. The molecule has 0 radical (unpaired) electrons. The van der Waals surface area contributed by atoms with Crippen LogP contribution in [0.25, 0.3) is 0 Å². The van der Waals surface area contributed by atoms with E-state index in [0.717, 1.165) is 0 Å². The van der Waals surface area contributed by atoms with Crippen molar-refractivity contribution in [3.05, 3.63) is 22.8 Å². The fourth-order valence-electron chi connectivity index (χ4n) is 1.55. The second kappa shape index (κ2) is 7.05. The minimum atomic E-state index is -1.44. The molecule has 0 aliphatic heterocycles. The molecule has 0 aromatic rings. The maximum atomic E-state index is 11.2. The molecule has 1 aliphatic carbocycles. The predicted octanol–water partition coefficient (Wildman–Crippen LogP) is 1.78. The van der Waals surface area contributed by atoms with Crippen LogP contribution in [0.4, 0.5) is 0 Å². The summed E-state index contributed by atoms with van der Waals surface area (Å²) in [5, 5.41) is -1.26. The van der Waals surface area contributed by atoms with E-state index in [4.69, 9.17) is 37.4 Å². The zero-order valence-electron chi connectivity index (χ0n) is 10.5. The van der Waals surface area contributed by atoms with Gasteiger partial charge in [0, 0.05) is 12.7 Å². The van der Waals surface area contributed by atoms with Gasteiger partial charge in [-0.2, -0.15) is 0 Å². The fourth-order valence-corrected chi connectivity index (χ4v) is 2.26. The molecule has 2 unspecified atom stereocenters. The first-order valence-corrected chi connectivity index (χ1v) is 6.28. The first kappa shape index (κ1) is 16.2. The molecule has 0 saturated heterocycles. The van der Waals surface area contributed by atoms with Crippen molar-refractivity contribution in [2.24, 2.45) is 0 Å². The Morgan fingerprint density at radius 3 is 2.79 bits per heavy atom. The lowest BCUT2D eigenvalue weighted by Gasteiger charge is -2.33. The maximum absolute atomic E-state index is 11.2. The lowest BCUT2D eigenvalue weighted by Crippen LogP contribution is -2.42. The highest BCUT2D eigenvalue weighted by molar-refractivity contribution is 6.33. The van der Waals surface area contributed by atoms with Crippen molar-refractivity contribution < 1.29 is 23.8 Å². The largest absolute Gasteiger partial charge is 0.464 e. The smallest absolute Gasteiger partial charge is 0.332 e. The Bertz CT molecular complexity index is 418. The molecular formula is C12H14Cl2O5. The number of esters is 1. The molecule has 1 rings (SSSR count). The predicted molar refractivity (Wildman–Crippen MR) is 70.0 cm³/mol. The molecule has 0 fully saturated rings. The standard InChI is InChI=1S/C12H14Cl2O5/c1-3-18-10(16)7-19-11-9(13)4-8(6-15)5-12(11,14)17-2/h4-6,11H,3,7H2,1-2H3. The summed E-state index contributed by atoms with van der Waals surface area (Å²) in [5.41, 5.74) is 0.276. The highest BCUT2D eigenvalue weighted by Gasteiger charge is 2.41. The van der Waals surface area contributed by atoms with Crippen LogP contribution in [0.2, 0.25) is 0 Å². The Hall–Kier alpha value is -0.880. The minimum absolute atomic E-state index is 0.172. The van der Waals surface area contributed by atoms with Crippen LogP contribution in [-0.2, 0) is 23.8 Å². The molecule has 7 heteroatoms. The first-order chi connectivity index (χ1) is 8.96. The Morgan fingerprint density at radius 1 is 1.58 bits per heavy atom. The monoisotopic (exact) mass is 308 g/mol. The highest BCUT2D eigenvalue weighted by Crippen LogP contribution is 2.36. The van der Waals surface area contributed by atoms with Crippen molar-refractivity contribution in [2.45, 2.75) is 18.1 Å². The molecule has 0 saturated carbocycles. The van der Waals surface area contributed by atoms with E-state index < -0.39 is 17.1 Å². The Morgan fingerprint density at radius 2 is 2.26 bits per heavy atom. The van der Waals surface area contributed by atoms with Gasteiger partial charge in [-0.15, -0.1) is 0 Å². The van der Waals surface area contributed by atoms with Gasteiger partial charge in [-0.3, -0.25) is 4.79 Å². The summed E-state index contributed by atoms with van der Waals surface area (Å²) < 4.78 is 15.2. The van der Waals surface area contributed by atoms with Crippen molar-refractivity contribution in [3.63, 3.8) is 0 Å². The second-order valence-electron chi connectivity index (χ2n) is 3.69. The molecule has 2 atom stereocenters. The van der Waals surface area contributed by atoms with Gasteiger partial charge in [-0.25, -0.2) is 4.79 Å². The third kappa shape index (κ3) is 4.04. The van der Waals surface area contributed by atoms with Gasteiger partial charge in [0.25, 0.3) is 0 Å². The van der Waals surface area contributed by atoms with Gasteiger partial charge < -0.3 is 14.2 Å². The fraction of sp³-hybridized carbons (Fsp3) is 0.500. The van der Waals surface area contributed by atoms with Gasteiger partial charge in [0.15, 0.2) is 5.06 Å². The molecule has 0 bridgehead atoms. The molecule has 0 aromatic carbocycles. The van der Waals surface area contributed by atoms with Gasteiger partial charge in [-0.1, -0.05) is 23.2 Å². The number of rotatable bonds is 6. The third-order valence-corrected chi connectivity index (χ3v) is 3.17. The first-order valence-electron chi connectivity index (χ1n) is 5.53. The van der Waals surface area contributed by atoms with E-state index in [1.807, 2.05) is 0 Å². The van der Waals surface area contributed by atoms with Gasteiger partial charge in [0.2, 0.25) is 0 Å². The molecule has 1 aliphatic rings. The van der Waals surface area contributed by atoms with E-state index in [0.29, 0.717) is 6.29 Å². The normalized spacial score (nSPS) is 26.4. The number of aldehydes is 1. The number of ether oxygens (including phenoxy) is 3. The molecular weight excluding hydrogens is 295 g/mol. The van der Waals surface area contributed by atoms with E-state index in [-0.39, 0.29) is 23.8 Å². The molecule has 0 heterocycles. The van der Waals surface area contributed by atoms with Crippen LogP contribution in [0.15, 0.2) is 22.8 Å². The van der Waals surface area contributed by atoms with Gasteiger partial charge >= 0.3 is 5.97 Å². The van der Waals surface area contributed by atoms with Crippen LogP contribution < -0.4 is 0 Å². The summed E-state index contributed by atoms with van der Waals surface area (Å²) in [4.78, 5) is 22.0. The number of carbonyl (C=O) groups is 2. The van der Waals surface area contributed by atoms with E-state index in [2.05, 4.69) is 0 Å². The highest BCUT2D eigenvalue weighted by atomic mass is 35.5. The van der Waals surface area contributed by atoms with Crippen molar-refractivity contribution in [3.8, 4) is 0 Å². The molecule has 0 amide bonds. The average molecular weight is 309 g/mol. The number of hydrogen-bond acceptors (Lipinski definition) is 5. The Kier molecular flexibility index (Phi) is 6.00. The number of methoxy groups -OCH3 is 1. The topological polar surface area (TPSA) is 61.8 Å². The number of alkyl halides is 1. The van der Waals surface area contributed by atoms with Crippen molar-refractivity contribution in [1.29, 1.82) is 0 Å².